The van der Waals surface area contributed by atoms with Gasteiger partial charge in [0.25, 0.3) is 0 Å². The molecule has 0 atom stereocenters. The highest BCUT2D eigenvalue weighted by Crippen LogP contribution is 2.11. The molecular weight excluding hydrogens is 244 g/mol. The van der Waals surface area contributed by atoms with Gasteiger partial charge in [0, 0.05) is 13.0 Å². The molecule has 2 aromatic rings. The van der Waals surface area contributed by atoms with Crippen LogP contribution in [-0.2, 0) is 26.1 Å². The third-order valence-electron chi connectivity index (χ3n) is 3.41. The van der Waals surface area contributed by atoms with Crippen LogP contribution >= 0.6 is 0 Å². The van der Waals surface area contributed by atoms with Crippen molar-refractivity contribution in [3.05, 3.63) is 40.0 Å². The highest BCUT2D eigenvalue weighted by atomic mass is 16.3. The van der Waals surface area contributed by atoms with Gasteiger partial charge in [0.1, 0.15) is 23.9 Å². The predicted octanol–water partition coefficient (Wildman–Crippen LogP) is 0.742. The van der Waals surface area contributed by atoms with E-state index in [1.165, 1.54) is 4.68 Å². The molecule has 3 heterocycles. The van der Waals surface area contributed by atoms with Crippen LogP contribution in [0.1, 0.15) is 30.2 Å². The summed E-state index contributed by atoms with van der Waals surface area (Å²) in [6.07, 6.45) is 3.07. The predicted molar refractivity (Wildman–Crippen MR) is 70.0 cm³/mol. The number of aromatic nitrogens is 3. The van der Waals surface area contributed by atoms with Gasteiger partial charge in [-0.05, 0) is 32.0 Å². The van der Waals surface area contributed by atoms with Gasteiger partial charge in [-0.25, -0.2) is 9.48 Å². The van der Waals surface area contributed by atoms with Crippen molar-refractivity contribution in [2.24, 2.45) is 0 Å². The number of rotatable bonds is 4. The molecule has 6 heteroatoms. The topological polar surface area (TPSA) is 65.0 Å². The van der Waals surface area contributed by atoms with Gasteiger partial charge in [-0.1, -0.05) is 0 Å². The fraction of sp³-hybridized carbons (Fsp3) is 0.538. The highest BCUT2D eigenvalue weighted by Gasteiger charge is 2.17. The number of furan rings is 1. The van der Waals surface area contributed by atoms with Crippen molar-refractivity contribution in [3.63, 3.8) is 0 Å². The summed E-state index contributed by atoms with van der Waals surface area (Å²) in [5.74, 6) is 2.54. The minimum absolute atomic E-state index is 0.0266. The van der Waals surface area contributed by atoms with Gasteiger partial charge >= 0.3 is 5.69 Å². The summed E-state index contributed by atoms with van der Waals surface area (Å²) in [5.41, 5.74) is -0.0266. The maximum Gasteiger partial charge on any atom is 0.346 e. The van der Waals surface area contributed by atoms with Gasteiger partial charge in [0.05, 0.1) is 6.54 Å². The number of hydrogen-bond donors (Lipinski definition) is 1. The smallest absolute Gasteiger partial charge is 0.346 e. The van der Waals surface area contributed by atoms with E-state index in [0.717, 1.165) is 43.2 Å². The molecule has 0 saturated heterocycles. The zero-order valence-electron chi connectivity index (χ0n) is 11.1. The maximum atomic E-state index is 12.2. The van der Waals surface area contributed by atoms with Crippen molar-refractivity contribution in [2.75, 3.05) is 7.05 Å². The van der Waals surface area contributed by atoms with E-state index >= 15 is 0 Å². The molecule has 0 bridgehead atoms. The molecule has 1 aliphatic heterocycles. The monoisotopic (exact) mass is 262 g/mol. The van der Waals surface area contributed by atoms with E-state index in [9.17, 15) is 4.79 Å². The van der Waals surface area contributed by atoms with E-state index in [-0.39, 0.29) is 5.69 Å². The molecule has 102 valence electrons. The summed E-state index contributed by atoms with van der Waals surface area (Å²) in [5, 5.41) is 7.42. The Kier molecular flexibility index (Phi) is 3.25. The quantitative estimate of drug-likeness (QED) is 0.882. The summed E-state index contributed by atoms with van der Waals surface area (Å²) in [6.45, 7) is 1.88. The molecule has 0 aliphatic carbocycles. The second-order valence-electron chi connectivity index (χ2n) is 4.86. The molecular formula is C13H18N4O2. The number of hydrogen-bond acceptors (Lipinski definition) is 4. The van der Waals surface area contributed by atoms with Gasteiger partial charge in [-0.2, -0.15) is 5.10 Å². The maximum absolute atomic E-state index is 12.2. The fourth-order valence-corrected chi connectivity index (χ4v) is 2.48. The lowest BCUT2D eigenvalue weighted by atomic mass is 10.2. The Balaban J connectivity index is 1.82. The van der Waals surface area contributed by atoms with Crippen LogP contribution < -0.4 is 11.0 Å². The van der Waals surface area contributed by atoms with Gasteiger partial charge < -0.3 is 9.73 Å². The minimum Gasteiger partial charge on any atom is -0.463 e. The van der Waals surface area contributed by atoms with Crippen LogP contribution in [0.25, 0.3) is 0 Å². The lowest BCUT2D eigenvalue weighted by molar-refractivity contribution is 0.432. The second kappa shape index (κ2) is 5.05. The largest absolute Gasteiger partial charge is 0.463 e. The van der Waals surface area contributed by atoms with Crippen molar-refractivity contribution in [1.82, 2.24) is 19.7 Å². The summed E-state index contributed by atoms with van der Waals surface area (Å²) < 4.78 is 8.92. The van der Waals surface area contributed by atoms with Gasteiger partial charge in [-0.15, -0.1) is 0 Å². The molecule has 0 fully saturated rings. The third-order valence-corrected chi connectivity index (χ3v) is 3.41. The number of fused-ring (bicyclic) bond motifs is 1. The van der Waals surface area contributed by atoms with Crippen molar-refractivity contribution in [1.29, 1.82) is 0 Å². The van der Waals surface area contributed by atoms with Gasteiger partial charge in [0.15, 0.2) is 0 Å². The molecule has 1 aliphatic rings. The SMILES string of the molecule is CNCc1ccc(Cn2nc3n(c2=O)CCCC3)o1. The molecule has 0 amide bonds. The van der Waals surface area contributed by atoms with Gasteiger partial charge in [-0.3, -0.25) is 4.57 Å². The molecule has 2 aromatic heterocycles. The first-order valence-corrected chi connectivity index (χ1v) is 6.66. The normalized spacial score (nSPS) is 14.6. The van der Waals surface area contributed by atoms with Crippen molar-refractivity contribution in [2.45, 2.75) is 38.9 Å². The number of nitrogens with zero attached hydrogens (tertiary/aromatic N) is 3. The molecule has 19 heavy (non-hydrogen) atoms. The Morgan fingerprint density at radius 3 is 3.00 bits per heavy atom. The summed E-state index contributed by atoms with van der Waals surface area (Å²) in [6, 6.07) is 3.82. The van der Waals surface area contributed by atoms with E-state index in [1.807, 2.05) is 19.2 Å². The van der Waals surface area contributed by atoms with E-state index in [0.29, 0.717) is 13.1 Å². The first-order valence-electron chi connectivity index (χ1n) is 6.66. The third kappa shape index (κ3) is 2.35. The molecule has 0 radical (unpaired) electrons. The first-order chi connectivity index (χ1) is 9.28. The highest BCUT2D eigenvalue weighted by molar-refractivity contribution is 5.07. The van der Waals surface area contributed by atoms with Crippen LogP contribution in [0, 0.1) is 0 Å². The van der Waals surface area contributed by atoms with Crippen molar-refractivity contribution < 1.29 is 4.42 Å². The molecule has 0 spiro atoms. The first kappa shape index (κ1) is 12.2. The molecule has 3 rings (SSSR count). The average Bonchev–Trinajstić information content (AvgIpc) is 2.97. The lowest BCUT2D eigenvalue weighted by Crippen LogP contribution is -2.27. The fourth-order valence-electron chi connectivity index (χ4n) is 2.48. The van der Waals surface area contributed by atoms with E-state index < -0.39 is 0 Å². The zero-order chi connectivity index (χ0) is 13.2. The van der Waals surface area contributed by atoms with Gasteiger partial charge in [0.2, 0.25) is 0 Å². The zero-order valence-corrected chi connectivity index (χ0v) is 11.1. The Labute approximate surface area is 111 Å². The Morgan fingerprint density at radius 1 is 1.37 bits per heavy atom. The molecule has 0 unspecified atom stereocenters. The Hall–Kier alpha value is -1.82. The Morgan fingerprint density at radius 2 is 2.21 bits per heavy atom. The second-order valence-corrected chi connectivity index (χ2v) is 4.86. The minimum atomic E-state index is -0.0266. The lowest BCUT2D eigenvalue weighted by Gasteiger charge is -2.09. The molecule has 6 nitrogen and oxygen atoms in total. The summed E-state index contributed by atoms with van der Waals surface area (Å²) in [7, 11) is 1.87. The van der Waals surface area contributed by atoms with E-state index in [4.69, 9.17) is 4.42 Å². The van der Waals surface area contributed by atoms with E-state index in [2.05, 4.69) is 10.4 Å². The standard InChI is InChI=1S/C13H18N4O2/c1-14-8-10-5-6-11(19-10)9-17-13(18)16-7-3-2-4-12(16)15-17/h5-6,14H,2-4,7-9H2,1H3. The van der Waals surface area contributed by atoms with E-state index in [1.54, 1.807) is 4.57 Å². The van der Waals surface area contributed by atoms with Crippen LogP contribution in [-0.4, -0.2) is 21.4 Å². The number of aryl methyl sites for hydroxylation is 1. The van der Waals surface area contributed by atoms with Crippen LogP contribution in [0.15, 0.2) is 21.3 Å². The Bertz CT molecular complexity index is 623. The van der Waals surface area contributed by atoms with Crippen molar-refractivity contribution in [3.8, 4) is 0 Å². The average molecular weight is 262 g/mol. The van der Waals surface area contributed by atoms with Crippen LogP contribution in [0.4, 0.5) is 0 Å². The molecule has 1 N–H and O–H groups in total. The summed E-state index contributed by atoms with van der Waals surface area (Å²) in [4.78, 5) is 12.2. The molecule has 0 aromatic carbocycles. The van der Waals surface area contributed by atoms with Crippen LogP contribution in [0.3, 0.4) is 0 Å². The van der Waals surface area contributed by atoms with Crippen LogP contribution in [0.5, 0.6) is 0 Å². The summed E-state index contributed by atoms with van der Waals surface area (Å²) >= 11 is 0. The molecule has 0 saturated carbocycles. The van der Waals surface area contributed by atoms with Crippen LogP contribution in [0.2, 0.25) is 0 Å². The number of nitrogens with one attached hydrogen (secondary N) is 1. The van der Waals surface area contributed by atoms with Crippen molar-refractivity contribution >= 4 is 0 Å².